The van der Waals surface area contributed by atoms with Gasteiger partial charge < -0.3 is 4.42 Å². The Kier molecular flexibility index (Phi) is 5.08. The molecular weight excluding hydrogens is 587 g/mol. The summed E-state index contributed by atoms with van der Waals surface area (Å²) >= 11 is 0. The molecule has 0 aliphatic heterocycles. The number of benzene rings is 8. The molecule has 3 aromatic heterocycles. The highest BCUT2D eigenvalue weighted by Gasteiger charge is 2.22. The van der Waals surface area contributed by atoms with E-state index in [2.05, 4.69) is 150 Å². The van der Waals surface area contributed by atoms with E-state index in [1.54, 1.807) is 0 Å². The van der Waals surface area contributed by atoms with Crippen LogP contribution in [0.25, 0.3) is 104 Å². The molecular formula is C44H25N3O. The van der Waals surface area contributed by atoms with Gasteiger partial charge in [-0.25, -0.2) is 9.97 Å². The Morgan fingerprint density at radius 1 is 0.438 bits per heavy atom. The summed E-state index contributed by atoms with van der Waals surface area (Å²) in [5.74, 6) is 0.633. The van der Waals surface area contributed by atoms with E-state index in [0.717, 1.165) is 60.5 Å². The minimum absolute atomic E-state index is 0.633. The molecule has 0 aliphatic rings. The quantitative estimate of drug-likeness (QED) is 0.195. The van der Waals surface area contributed by atoms with Crippen LogP contribution in [0.2, 0.25) is 0 Å². The number of nitrogens with zero attached hydrogens (tertiary/aromatic N) is 3. The molecule has 0 N–H and O–H groups in total. The smallest absolute Gasteiger partial charge is 0.235 e. The van der Waals surface area contributed by atoms with Crippen LogP contribution in [0, 0.1) is 0 Å². The van der Waals surface area contributed by atoms with Crippen LogP contribution in [0.3, 0.4) is 0 Å². The second-order valence-corrected chi connectivity index (χ2v) is 12.6. The highest BCUT2D eigenvalue weighted by atomic mass is 16.3. The molecule has 3 heterocycles. The first kappa shape index (κ1) is 25.6. The topological polar surface area (TPSA) is 43.9 Å². The number of rotatable bonds is 2. The average molecular weight is 612 g/mol. The normalized spacial score (nSPS) is 12.2. The summed E-state index contributed by atoms with van der Waals surface area (Å²) in [5.41, 5.74) is 6.54. The van der Waals surface area contributed by atoms with Gasteiger partial charge in [0.2, 0.25) is 5.95 Å². The van der Waals surface area contributed by atoms with Gasteiger partial charge in [0.05, 0.1) is 22.2 Å². The molecule has 48 heavy (non-hydrogen) atoms. The second-order valence-electron chi connectivity index (χ2n) is 12.6. The maximum Gasteiger partial charge on any atom is 0.235 e. The van der Waals surface area contributed by atoms with Crippen molar-refractivity contribution in [1.29, 1.82) is 0 Å². The average Bonchev–Trinajstić information content (AvgIpc) is 3.69. The molecule has 4 heteroatoms. The van der Waals surface area contributed by atoms with E-state index in [0.29, 0.717) is 5.95 Å². The summed E-state index contributed by atoms with van der Waals surface area (Å²) in [5, 5.41) is 12.8. The van der Waals surface area contributed by atoms with Gasteiger partial charge in [0, 0.05) is 32.5 Å². The van der Waals surface area contributed by atoms with Crippen molar-refractivity contribution in [2.45, 2.75) is 0 Å². The Hall–Kier alpha value is -6.52. The highest BCUT2D eigenvalue weighted by Crippen LogP contribution is 2.42. The predicted octanol–water partition coefficient (Wildman–Crippen LogP) is 11.8. The van der Waals surface area contributed by atoms with Gasteiger partial charge in [-0.05, 0) is 68.7 Å². The predicted molar refractivity (Wildman–Crippen MR) is 199 cm³/mol. The van der Waals surface area contributed by atoms with Crippen molar-refractivity contribution in [2.75, 3.05) is 0 Å². The van der Waals surface area contributed by atoms with Crippen LogP contribution in [0.4, 0.5) is 0 Å². The monoisotopic (exact) mass is 611 g/mol. The Labute approximate surface area is 274 Å². The van der Waals surface area contributed by atoms with Crippen LogP contribution in [-0.4, -0.2) is 14.5 Å². The van der Waals surface area contributed by atoms with E-state index in [1.165, 1.54) is 37.7 Å². The lowest BCUT2D eigenvalue weighted by Crippen LogP contribution is -2.03. The zero-order valence-corrected chi connectivity index (χ0v) is 25.7. The van der Waals surface area contributed by atoms with Crippen molar-refractivity contribution >= 4 is 87.0 Å². The fraction of sp³-hybridized carbons (Fsp3) is 0. The SMILES string of the molecule is c1ccc2cc3c(cc2c1)oc1c(-c2nc(-n4c5ccc6ccccc6c5c5c6ccccc6ccc54)nc4ccccc24)cccc13. The van der Waals surface area contributed by atoms with Gasteiger partial charge in [-0.1, -0.05) is 115 Å². The minimum Gasteiger partial charge on any atom is -0.455 e. The zero-order valence-electron chi connectivity index (χ0n) is 25.7. The molecule has 0 bridgehead atoms. The summed E-state index contributed by atoms with van der Waals surface area (Å²) in [6.07, 6.45) is 0. The van der Waals surface area contributed by atoms with Crippen LogP contribution in [0.15, 0.2) is 156 Å². The fourth-order valence-electron chi connectivity index (χ4n) is 7.80. The van der Waals surface area contributed by atoms with Crippen molar-refractivity contribution in [2.24, 2.45) is 0 Å². The summed E-state index contributed by atoms with van der Waals surface area (Å²) < 4.78 is 8.94. The molecule has 0 atom stereocenters. The molecule has 0 saturated heterocycles. The third kappa shape index (κ3) is 3.49. The van der Waals surface area contributed by atoms with Crippen molar-refractivity contribution in [1.82, 2.24) is 14.5 Å². The van der Waals surface area contributed by atoms with Gasteiger partial charge in [0.1, 0.15) is 11.2 Å². The van der Waals surface area contributed by atoms with E-state index in [-0.39, 0.29) is 0 Å². The molecule has 4 nitrogen and oxygen atoms in total. The molecule has 11 aromatic rings. The van der Waals surface area contributed by atoms with Gasteiger partial charge in [-0.15, -0.1) is 0 Å². The second kappa shape index (κ2) is 9.50. The molecule has 0 spiro atoms. The van der Waals surface area contributed by atoms with Gasteiger partial charge >= 0.3 is 0 Å². The van der Waals surface area contributed by atoms with E-state index in [9.17, 15) is 0 Å². The largest absolute Gasteiger partial charge is 0.455 e. The van der Waals surface area contributed by atoms with Gasteiger partial charge in [-0.2, -0.15) is 0 Å². The Balaban J connectivity index is 1.26. The standard InChI is InChI=1S/C44H25N3O/c1-2-13-29-25-39-35(24-28(29)12-1)32-17-9-18-34(43(32)48-39)42-33-16-7-8-19-36(33)45-44(46-42)47-37-22-20-26-10-3-5-14-30(26)40(37)41-31-15-6-4-11-27(31)21-23-38(41)47/h1-25H. The lowest BCUT2D eigenvalue weighted by atomic mass is 10.00. The van der Waals surface area contributed by atoms with Crippen LogP contribution in [-0.2, 0) is 0 Å². The zero-order chi connectivity index (χ0) is 31.3. The molecule has 222 valence electrons. The van der Waals surface area contributed by atoms with Crippen molar-refractivity contribution < 1.29 is 4.42 Å². The van der Waals surface area contributed by atoms with Crippen LogP contribution in [0.5, 0.6) is 0 Å². The van der Waals surface area contributed by atoms with Crippen LogP contribution < -0.4 is 0 Å². The number of furan rings is 1. The molecule has 0 unspecified atom stereocenters. The molecule has 0 saturated carbocycles. The first-order chi connectivity index (χ1) is 23.8. The molecule has 0 radical (unpaired) electrons. The summed E-state index contributed by atoms with van der Waals surface area (Å²) in [7, 11) is 0. The molecule has 8 aromatic carbocycles. The van der Waals surface area contributed by atoms with Crippen molar-refractivity contribution in [3.63, 3.8) is 0 Å². The van der Waals surface area contributed by atoms with Crippen molar-refractivity contribution in [3.05, 3.63) is 152 Å². The lowest BCUT2D eigenvalue weighted by molar-refractivity contribution is 0.670. The third-order valence-corrected chi connectivity index (χ3v) is 9.96. The van der Waals surface area contributed by atoms with E-state index in [4.69, 9.17) is 14.4 Å². The molecule has 0 aliphatic carbocycles. The molecule has 0 amide bonds. The number of fused-ring (bicyclic) bond motifs is 12. The minimum atomic E-state index is 0.633. The van der Waals surface area contributed by atoms with Gasteiger partial charge in [-0.3, -0.25) is 4.57 Å². The first-order valence-corrected chi connectivity index (χ1v) is 16.3. The summed E-state index contributed by atoms with van der Waals surface area (Å²) in [4.78, 5) is 10.7. The van der Waals surface area contributed by atoms with E-state index in [1.807, 2.05) is 6.07 Å². The maximum absolute atomic E-state index is 6.70. The Morgan fingerprint density at radius 2 is 1.02 bits per heavy atom. The van der Waals surface area contributed by atoms with Crippen molar-refractivity contribution in [3.8, 4) is 17.2 Å². The number of para-hydroxylation sites is 2. The number of hydrogen-bond acceptors (Lipinski definition) is 3. The number of hydrogen-bond donors (Lipinski definition) is 0. The first-order valence-electron chi connectivity index (χ1n) is 16.3. The lowest BCUT2D eigenvalue weighted by Gasteiger charge is -2.12. The highest BCUT2D eigenvalue weighted by molar-refractivity contribution is 6.28. The van der Waals surface area contributed by atoms with E-state index < -0.39 is 0 Å². The fourth-order valence-corrected chi connectivity index (χ4v) is 7.80. The molecule has 11 rings (SSSR count). The summed E-state index contributed by atoms with van der Waals surface area (Å²) in [6.45, 7) is 0. The van der Waals surface area contributed by atoms with Crippen LogP contribution in [0.1, 0.15) is 0 Å². The maximum atomic E-state index is 6.70. The number of aromatic nitrogens is 3. The molecule has 0 fully saturated rings. The Bertz CT molecular complexity index is 3040. The van der Waals surface area contributed by atoms with E-state index >= 15 is 0 Å². The van der Waals surface area contributed by atoms with Gasteiger partial charge in [0.25, 0.3) is 0 Å². The van der Waals surface area contributed by atoms with Gasteiger partial charge in [0.15, 0.2) is 0 Å². The summed E-state index contributed by atoms with van der Waals surface area (Å²) in [6, 6.07) is 53.6. The van der Waals surface area contributed by atoms with Crippen LogP contribution >= 0.6 is 0 Å². The Morgan fingerprint density at radius 3 is 1.73 bits per heavy atom. The third-order valence-electron chi connectivity index (χ3n) is 9.96.